The van der Waals surface area contributed by atoms with Crippen molar-refractivity contribution >= 4 is 18.1 Å². The van der Waals surface area contributed by atoms with E-state index in [1.54, 1.807) is 18.2 Å². The third kappa shape index (κ3) is 1.67. The number of hydrogen-bond donors (Lipinski definition) is 1. The zero-order valence-corrected chi connectivity index (χ0v) is 7.16. The van der Waals surface area contributed by atoms with Crippen LogP contribution in [0.25, 0.3) is 12.2 Å². The summed E-state index contributed by atoms with van der Waals surface area (Å²) < 4.78 is 0. The van der Waals surface area contributed by atoms with Gasteiger partial charge in [-0.1, -0.05) is 43.5 Å². The van der Waals surface area contributed by atoms with Gasteiger partial charge in [-0.05, 0) is 11.1 Å². The van der Waals surface area contributed by atoms with Crippen LogP contribution in [0.4, 0.5) is 0 Å². The zero-order valence-electron chi connectivity index (χ0n) is 7.16. The predicted octanol–water partition coefficient (Wildman–Crippen LogP) is 2.67. The van der Waals surface area contributed by atoms with Crippen LogP contribution in [0.3, 0.4) is 0 Å². The molecule has 1 N–H and O–H groups in total. The number of carboxylic acids is 1. The second-order valence-electron chi connectivity index (χ2n) is 2.52. The van der Waals surface area contributed by atoms with Gasteiger partial charge in [0.1, 0.15) is 0 Å². The Morgan fingerprint density at radius 3 is 2.00 bits per heavy atom. The van der Waals surface area contributed by atoms with E-state index in [2.05, 4.69) is 13.2 Å². The van der Waals surface area contributed by atoms with Gasteiger partial charge in [-0.25, -0.2) is 4.79 Å². The first-order chi connectivity index (χ1) is 6.20. The highest BCUT2D eigenvalue weighted by Gasteiger charge is 2.10. The summed E-state index contributed by atoms with van der Waals surface area (Å²) in [4.78, 5) is 10.9. The Hall–Kier alpha value is -1.83. The lowest BCUT2D eigenvalue weighted by Crippen LogP contribution is -2.02. The van der Waals surface area contributed by atoms with Gasteiger partial charge < -0.3 is 5.11 Å². The number of aromatic carboxylic acids is 1. The molecule has 2 nitrogen and oxygen atoms in total. The second-order valence-corrected chi connectivity index (χ2v) is 2.52. The van der Waals surface area contributed by atoms with Gasteiger partial charge in [-0.15, -0.1) is 0 Å². The summed E-state index contributed by atoms with van der Waals surface area (Å²) in [5.41, 5.74) is 1.49. The second kappa shape index (κ2) is 3.72. The van der Waals surface area contributed by atoms with Crippen molar-refractivity contribution in [2.45, 2.75) is 0 Å². The largest absolute Gasteiger partial charge is 0.478 e. The SMILES string of the molecule is C=Cc1cccc(C=C)c1C(=O)O. The summed E-state index contributed by atoms with van der Waals surface area (Å²) in [5.74, 6) is -0.953. The standard InChI is InChI=1S/C11H10O2/c1-3-8-6-5-7-9(4-2)10(8)11(12)13/h3-7H,1-2H2,(H,12,13). The summed E-state index contributed by atoms with van der Waals surface area (Å²) in [6.07, 6.45) is 3.05. The van der Waals surface area contributed by atoms with Crippen LogP contribution in [0.15, 0.2) is 31.4 Å². The van der Waals surface area contributed by atoms with Crippen LogP contribution in [0, 0.1) is 0 Å². The molecule has 0 aromatic heterocycles. The van der Waals surface area contributed by atoms with Crippen LogP contribution in [-0.2, 0) is 0 Å². The zero-order chi connectivity index (χ0) is 9.84. The molecule has 0 saturated heterocycles. The third-order valence-corrected chi connectivity index (χ3v) is 1.78. The van der Waals surface area contributed by atoms with E-state index >= 15 is 0 Å². The number of rotatable bonds is 3. The number of hydrogen-bond acceptors (Lipinski definition) is 1. The van der Waals surface area contributed by atoms with Crippen molar-refractivity contribution < 1.29 is 9.90 Å². The van der Waals surface area contributed by atoms with Crippen molar-refractivity contribution in [1.82, 2.24) is 0 Å². The Kier molecular flexibility index (Phi) is 2.65. The van der Waals surface area contributed by atoms with Gasteiger partial charge in [0, 0.05) is 0 Å². The molecule has 0 unspecified atom stereocenters. The van der Waals surface area contributed by atoms with E-state index in [1.165, 1.54) is 12.2 Å². The van der Waals surface area contributed by atoms with Crippen LogP contribution in [0.2, 0.25) is 0 Å². The predicted molar refractivity (Wildman–Crippen MR) is 53.6 cm³/mol. The lowest BCUT2D eigenvalue weighted by molar-refractivity contribution is 0.0696. The third-order valence-electron chi connectivity index (χ3n) is 1.78. The van der Waals surface area contributed by atoms with Crippen LogP contribution in [0.1, 0.15) is 21.5 Å². The van der Waals surface area contributed by atoms with Gasteiger partial charge >= 0.3 is 5.97 Å². The maximum absolute atomic E-state index is 10.9. The topological polar surface area (TPSA) is 37.3 Å². The fourth-order valence-electron chi connectivity index (χ4n) is 1.18. The van der Waals surface area contributed by atoms with Gasteiger partial charge in [0.15, 0.2) is 0 Å². The van der Waals surface area contributed by atoms with Crippen molar-refractivity contribution in [3.05, 3.63) is 48.0 Å². The summed E-state index contributed by atoms with van der Waals surface area (Å²) in [6.45, 7) is 7.10. The van der Waals surface area contributed by atoms with Gasteiger partial charge in [-0.3, -0.25) is 0 Å². The molecule has 0 spiro atoms. The van der Waals surface area contributed by atoms with Crippen molar-refractivity contribution in [2.75, 3.05) is 0 Å². The molecular weight excluding hydrogens is 164 g/mol. The number of carbonyl (C=O) groups is 1. The summed E-state index contributed by atoms with van der Waals surface area (Å²) >= 11 is 0. The molecule has 13 heavy (non-hydrogen) atoms. The van der Waals surface area contributed by atoms with Crippen LogP contribution in [-0.4, -0.2) is 11.1 Å². The maximum Gasteiger partial charge on any atom is 0.336 e. The molecule has 0 aliphatic rings. The average molecular weight is 174 g/mol. The Labute approximate surface area is 76.8 Å². The molecule has 0 heterocycles. The normalized spacial score (nSPS) is 9.23. The summed E-state index contributed by atoms with van der Waals surface area (Å²) in [7, 11) is 0. The summed E-state index contributed by atoms with van der Waals surface area (Å²) in [5, 5.41) is 8.91. The molecule has 0 amide bonds. The molecular formula is C11H10O2. The molecule has 0 bridgehead atoms. The van der Waals surface area contributed by atoms with Crippen molar-refractivity contribution in [3.8, 4) is 0 Å². The molecule has 1 rings (SSSR count). The smallest absolute Gasteiger partial charge is 0.336 e. The highest BCUT2D eigenvalue weighted by Crippen LogP contribution is 2.16. The average Bonchev–Trinajstić information content (AvgIpc) is 2.16. The number of carboxylic acid groups (broad SMARTS) is 1. The summed E-state index contributed by atoms with van der Waals surface area (Å²) in [6, 6.07) is 5.20. The van der Waals surface area contributed by atoms with Gasteiger partial charge in [-0.2, -0.15) is 0 Å². The van der Waals surface area contributed by atoms with Crippen molar-refractivity contribution in [1.29, 1.82) is 0 Å². The van der Waals surface area contributed by atoms with E-state index < -0.39 is 5.97 Å². The van der Waals surface area contributed by atoms with Crippen LogP contribution in [0.5, 0.6) is 0 Å². The molecule has 66 valence electrons. The Bertz CT molecular complexity index is 338. The van der Waals surface area contributed by atoms with E-state index in [4.69, 9.17) is 5.11 Å². The molecule has 2 heteroatoms. The molecule has 0 saturated carbocycles. The first-order valence-electron chi connectivity index (χ1n) is 3.82. The lowest BCUT2D eigenvalue weighted by atomic mass is 10.0. The Balaban J connectivity index is 3.46. The van der Waals surface area contributed by atoms with E-state index in [1.807, 2.05) is 0 Å². The van der Waals surface area contributed by atoms with E-state index in [9.17, 15) is 4.79 Å². The molecule has 0 atom stereocenters. The minimum absolute atomic E-state index is 0.257. The molecule has 0 aliphatic heterocycles. The Morgan fingerprint density at radius 2 is 1.69 bits per heavy atom. The maximum atomic E-state index is 10.9. The van der Waals surface area contributed by atoms with Gasteiger partial charge in [0.05, 0.1) is 5.56 Å². The fraction of sp³-hybridized carbons (Fsp3) is 0. The van der Waals surface area contributed by atoms with Crippen molar-refractivity contribution in [2.24, 2.45) is 0 Å². The minimum atomic E-state index is -0.953. The minimum Gasteiger partial charge on any atom is -0.478 e. The van der Waals surface area contributed by atoms with Crippen LogP contribution >= 0.6 is 0 Å². The molecule has 0 radical (unpaired) electrons. The Morgan fingerprint density at radius 1 is 1.23 bits per heavy atom. The van der Waals surface area contributed by atoms with Crippen LogP contribution < -0.4 is 0 Å². The van der Waals surface area contributed by atoms with Gasteiger partial charge in [0.25, 0.3) is 0 Å². The van der Waals surface area contributed by atoms with E-state index in [-0.39, 0.29) is 5.56 Å². The first kappa shape index (κ1) is 9.26. The monoisotopic (exact) mass is 174 g/mol. The van der Waals surface area contributed by atoms with E-state index in [0.717, 1.165) is 0 Å². The quantitative estimate of drug-likeness (QED) is 0.764. The molecule has 1 aromatic carbocycles. The molecule has 0 fully saturated rings. The fourth-order valence-corrected chi connectivity index (χ4v) is 1.18. The highest BCUT2D eigenvalue weighted by molar-refractivity contribution is 5.96. The lowest BCUT2D eigenvalue weighted by Gasteiger charge is -2.04. The van der Waals surface area contributed by atoms with Gasteiger partial charge in [0.2, 0.25) is 0 Å². The van der Waals surface area contributed by atoms with Crippen molar-refractivity contribution in [3.63, 3.8) is 0 Å². The highest BCUT2D eigenvalue weighted by atomic mass is 16.4. The molecule has 1 aromatic rings. The van der Waals surface area contributed by atoms with E-state index in [0.29, 0.717) is 11.1 Å². The molecule has 0 aliphatic carbocycles. The number of benzene rings is 1. The first-order valence-corrected chi connectivity index (χ1v) is 3.82.